The van der Waals surface area contributed by atoms with Crippen molar-refractivity contribution in [1.82, 2.24) is 4.90 Å². The molecule has 1 N–H and O–H groups in total. The highest BCUT2D eigenvalue weighted by Gasteiger charge is 2.21. The van der Waals surface area contributed by atoms with Crippen molar-refractivity contribution in [3.05, 3.63) is 0 Å². The topological polar surface area (TPSA) is 66.8 Å². The summed E-state index contributed by atoms with van der Waals surface area (Å²) >= 11 is 0. The lowest BCUT2D eigenvalue weighted by atomic mass is 10.3. The quantitative estimate of drug-likeness (QED) is 0.643. The molecule has 14 heavy (non-hydrogen) atoms. The average molecular weight is 201 g/mol. The van der Waals surface area contributed by atoms with Gasteiger partial charge in [0.05, 0.1) is 6.10 Å². The summed E-state index contributed by atoms with van der Waals surface area (Å²) in [6, 6.07) is 0. The van der Waals surface area contributed by atoms with Crippen molar-refractivity contribution >= 4 is 11.9 Å². The molecule has 0 aliphatic carbocycles. The molecule has 0 radical (unpaired) electrons. The molecule has 0 aromatic heterocycles. The van der Waals surface area contributed by atoms with E-state index in [1.54, 1.807) is 4.90 Å². The zero-order valence-electron chi connectivity index (χ0n) is 8.23. The largest absolute Gasteiger partial charge is 0.481 e. The van der Waals surface area contributed by atoms with Gasteiger partial charge in [-0.2, -0.15) is 0 Å². The Morgan fingerprint density at radius 1 is 1.57 bits per heavy atom. The van der Waals surface area contributed by atoms with E-state index >= 15 is 0 Å². The van der Waals surface area contributed by atoms with Crippen LogP contribution < -0.4 is 0 Å². The first kappa shape index (κ1) is 11.0. The van der Waals surface area contributed by atoms with Gasteiger partial charge in [-0.05, 0) is 13.3 Å². The van der Waals surface area contributed by atoms with Gasteiger partial charge in [0, 0.05) is 19.7 Å². The van der Waals surface area contributed by atoms with Gasteiger partial charge < -0.3 is 14.7 Å². The Kier molecular flexibility index (Phi) is 3.88. The third kappa shape index (κ3) is 3.33. The molecule has 1 aliphatic rings. The first-order valence-electron chi connectivity index (χ1n) is 4.71. The van der Waals surface area contributed by atoms with Crippen molar-refractivity contribution in [2.45, 2.75) is 25.9 Å². The highest BCUT2D eigenvalue weighted by Crippen LogP contribution is 2.06. The molecule has 1 rings (SSSR count). The number of amides is 1. The normalized spacial score (nSPS) is 22.9. The lowest BCUT2D eigenvalue weighted by Gasteiger charge is -2.21. The fourth-order valence-electron chi connectivity index (χ4n) is 1.46. The number of nitrogens with zero attached hydrogens (tertiary/aromatic N) is 1. The van der Waals surface area contributed by atoms with E-state index in [1.807, 2.05) is 6.92 Å². The molecule has 1 fully saturated rings. The van der Waals surface area contributed by atoms with Gasteiger partial charge in [-0.25, -0.2) is 0 Å². The van der Waals surface area contributed by atoms with Crippen LogP contribution in [0.5, 0.6) is 0 Å². The van der Waals surface area contributed by atoms with Crippen LogP contribution in [0.25, 0.3) is 0 Å². The van der Waals surface area contributed by atoms with Crippen molar-refractivity contribution in [1.29, 1.82) is 0 Å². The minimum Gasteiger partial charge on any atom is -0.481 e. The van der Waals surface area contributed by atoms with Gasteiger partial charge >= 0.3 is 5.97 Å². The number of carbonyl (C=O) groups excluding carboxylic acids is 1. The summed E-state index contributed by atoms with van der Waals surface area (Å²) in [4.78, 5) is 23.3. The van der Waals surface area contributed by atoms with Crippen molar-refractivity contribution in [2.24, 2.45) is 0 Å². The summed E-state index contributed by atoms with van der Waals surface area (Å²) in [5.41, 5.74) is 0. The maximum Gasteiger partial charge on any atom is 0.312 e. The van der Waals surface area contributed by atoms with Gasteiger partial charge in [-0.3, -0.25) is 9.59 Å². The fourth-order valence-corrected chi connectivity index (χ4v) is 1.46. The molecular weight excluding hydrogens is 186 g/mol. The van der Waals surface area contributed by atoms with E-state index < -0.39 is 12.4 Å². The van der Waals surface area contributed by atoms with Gasteiger partial charge in [0.2, 0.25) is 5.91 Å². The van der Waals surface area contributed by atoms with E-state index in [1.165, 1.54) is 0 Å². The van der Waals surface area contributed by atoms with Gasteiger partial charge in [-0.15, -0.1) is 0 Å². The minimum atomic E-state index is -1.08. The highest BCUT2D eigenvalue weighted by molar-refractivity contribution is 5.93. The molecule has 0 bridgehead atoms. The minimum absolute atomic E-state index is 0.00440. The Balaban J connectivity index is 2.48. The summed E-state index contributed by atoms with van der Waals surface area (Å²) in [5.74, 6) is -1.40. The van der Waals surface area contributed by atoms with E-state index in [2.05, 4.69) is 0 Å². The van der Waals surface area contributed by atoms with Crippen molar-refractivity contribution in [3.8, 4) is 0 Å². The van der Waals surface area contributed by atoms with Crippen LogP contribution in [0.2, 0.25) is 0 Å². The number of carboxylic acids is 1. The number of aliphatic carboxylic acids is 1. The lowest BCUT2D eigenvalue weighted by Crippen LogP contribution is -2.36. The molecule has 1 amide bonds. The number of carboxylic acid groups (broad SMARTS) is 1. The molecule has 5 nitrogen and oxygen atoms in total. The standard InChI is InChI=1S/C9H15NO4/c1-7-6-10(3-2-4-14-7)8(11)5-9(12)13/h7H,2-6H2,1H3,(H,12,13). The van der Waals surface area contributed by atoms with Crippen LogP contribution in [0.15, 0.2) is 0 Å². The van der Waals surface area contributed by atoms with Crippen LogP contribution in [0.4, 0.5) is 0 Å². The Bertz CT molecular complexity index is 229. The van der Waals surface area contributed by atoms with E-state index in [0.717, 1.165) is 6.42 Å². The summed E-state index contributed by atoms with van der Waals surface area (Å²) in [5, 5.41) is 8.47. The van der Waals surface area contributed by atoms with E-state index in [-0.39, 0.29) is 12.0 Å². The van der Waals surface area contributed by atoms with E-state index in [4.69, 9.17) is 9.84 Å². The molecule has 1 atom stereocenters. The molecule has 0 saturated carbocycles. The first-order chi connectivity index (χ1) is 6.59. The third-order valence-corrected chi connectivity index (χ3v) is 2.11. The van der Waals surface area contributed by atoms with Crippen molar-refractivity contribution in [3.63, 3.8) is 0 Å². The molecule has 0 aromatic carbocycles. The van der Waals surface area contributed by atoms with Crippen LogP contribution >= 0.6 is 0 Å². The molecule has 1 aliphatic heterocycles. The Labute approximate surface area is 82.6 Å². The zero-order valence-corrected chi connectivity index (χ0v) is 8.23. The molecule has 0 spiro atoms. The Morgan fingerprint density at radius 3 is 2.93 bits per heavy atom. The van der Waals surface area contributed by atoms with Crippen LogP contribution in [0, 0.1) is 0 Å². The number of hydrogen-bond donors (Lipinski definition) is 1. The predicted octanol–water partition coefficient (Wildman–Crippen LogP) is 0.0985. The van der Waals surface area contributed by atoms with Crippen LogP contribution in [-0.2, 0) is 14.3 Å². The van der Waals surface area contributed by atoms with E-state index in [9.17, 15) is 9.59 Å². The average Bonchev–Trinajstić information content (AvgIpc) is 2.28. The molecule has 1 unspecified atom stereocenters. The van der Waals surface area contributed by atoms with Crippen molar-refractivity contribution in [2.75, 3.05) is 19.7 Å². The second-order valence-corrected chi connectivity index (χ2v) is 3.45. The molecular formula is C9H15NO4. The molecule has 80 valence electrons. The molecule has 5 heteroatoms. The predicted molar refractivity (Wildman–Crippen MR) is 48.9 cm³/mol. The lowest BCUT2D eigenvalue weighted by molar-refractivity contribution is -0.144. The summed E-state index contributed by atoms with van der Waals surface area (Å²) in [6.07, 6.45) is 0.345. The van der Waals surface area contributed by atoms with Crippen LogP contribution in [-0.4, -0.2) is 47.7 Å². The maximum atomic E-state index is 11.4. The van der Waals surface area contributed by atoms with Gasteiger partial charge in [0.1, 0.15) is 6.42 Å². The molecule has 1 heterocycles. The van der Waals surface area contributed by atoms with Crippen molar-refractivity contribution < 1.29 is 19.4 Å². The van der Waals surface area contributed by atoms with E-state index in [0.29, 0.717) is 19.7 Å². The molecule has 1 saturated heterocycles. The summed E-state index contributed by atoms with van der Waals surface area (Å²) < 4.78 is 5.35. The second-order valence-electron chi connectivity index (χ2n) is 3.45. The van der Waals surface area contributed by atoms with Gasteiger partial charge in [-0.1, -0.05) is 0 Å². The maximum absolute atomic E-state index is 11.4. The number of ether oxygens (including phenoxy) is 1. The van der Waals surface area contributed by atoms with Gasteiger partial charge in [0.25, 0.3) is 0 Å². The monoisotopic (exact) mass is 201 g/mol. The van der Waals surface area contributed by atoms with Gasteiger partial charge in [0.15, 0.2) is 0 Å². The number of rotatable bonds is 2. The molecule has 0 aromatic rings. The highest BCUT2D eigenvalue weighted by atomic mass is 16.5. The smallest absolute Gasteiger partial charge is 0.312 e. The third-order valence-electron chi connectivity index (χ3n) is 2.11. The Hall–Kier alpha value is -1.10. The number of hydrogen-bond acceptors (Lipinski definition) is 3. The second kappa shape index (κ2) is 4.95. The summed E-state index contributed by atoms with van der Waals surface area (Å²) in [7, 11) is 0. The Morgan fingerprint density at radius 2 is 2.29 bits per heavy atom. The SMILES string of the molecule is CC1CN(C(=O)CC(=O)O)CCCO1. The zero-order chi connectivity index (χ0) is 10.6. The first-order valence-corrected chi connectivity index (χ1v) is 4.71. The van der Waals surface area contributed by atoms with Crippen LogP contribution in [0.3, 0.4) is 0 Å². The fraction of sp³-hybridized carbons (Fsp3) is 0.778. The number of carbonyl (C=O) groups is 2. The van der Waals surface area contributed by atoms with Crippen LogP contribution in [0.1, 0.15) is 19.8 Å². The summed E-state index contributed by atoms with van der Waals surface area (Å²) in [6.45, 7) is 3.60.